The molecule has 13 heavy (non-hydrogen) atoms. The minimum absolute atomic E-state index is 0.326. The van der Waals surface area contributed by atoms with Crippen molar-refractivity contribution in [2.45, 2.75) is 52.9 Å². The normalized spacial score (nSPS) is 23.0. The van der Waals surface area contributed by atoms with E-state index in [9.17, 15) is 4.79 Å². The first-order chi connectivity index (χ1) is 6.16. The highest BCUT2D eigenvalue weighted by Gasteiger charge is 2.27. The minimum Gasteiger partial charge on any atom is -0.294 e. The van der Waals surface area contributed by atoms with Gasteiger partial charge in [-0.15, -0.1) is 0 Å². The molecule has 0 radical (unpaired) electrons. The smallest absolute Gasteiger partial charge is 0.161 e. The van der Waals surface area contributed by atoms with Crippen LogP contribution in [0.5, 0.6) is 0 Å². The van der Waals surface area contributed by atoms with Crippen LogP contribution in [0.1, 0.15) is 52.9 Å². The number of carbonyl (C=O) groups is 1. The van der Waals surface area contributed by atoms with Gasteiger partial charge in [0.1, 0.15) is 0 Å². The number of unbranched alkanes of at least 4 members (excludes halogenated alkanes) is 2. The molecule has 74 valence electrons. The Morgan fingerprint density at radius 2 is 2.00 bits per heavy atom. The van der Waals surface area contributed by atoms with Crippen molar-refractivity contribution in [3.8, 4) is 0 Å². The standard InChI is InChI=1S/C12H20O/c1-4-5-6-7-11-8-9(2)10(3)12(11)13/h11H,4-8H2,1-3H3. The van der Waals surface area contributed by atoms with Gasteiger partial charge < -0.3 is 0 Å². The van der Waals surface area contributed by atoms with E-state index in [1.165, 1.54) is 24.8 Å². The number of hydrogen-bond donors (Lipinski definition) is 0. The first kappa shape index (κ1) is 10.5. The predicted molar refractivity (Wildman–Crippen MR) is 55.6 cm³/mol. The average Bonchev–Trinajstić information content (AvgIpc) is 2.34. The van der Waals surface area contributed by atoms with Crippen LogP contribution in [-0.2, 0) is 4.79 Å². The number of carbonyl (C=O) groups excluding carboxylic acids is 1. The maximum absolute atomic E-state index is 11.7. The van der Waals surface area contributed by atoms with Crippen molar-refractivity contribution in [3.05, 3.63) is 11.1 Å². The zero-order chi connectivity index (χ0) is 9.84. The molecule has 0 amide bonds. The van der Waals surface area contributed by atoms with E-state index in [1.807, 2.05) is 6.92 Å². The van der Waals surface area contributed by atoms with Gasteiger partial charge in [0, 0.05) is 5.92 Å². The van der Waals surface area contributed by atoms with Crippen LogP contribution in [0.4, 0.5) is 0 Å². The van der Waals surface area contributed by atoms with Gasteiger partial charge in [0.2, 0.25) is 0 Å². The van der Waals surface area contributed by atoms with E-state index in [0.717, 1.165) is 18.4 Å². The minimum atomic E-state index is 0.326. The highest BCUT2D eigenvalue weighted by molar-refractivity contribution is 5.99. The molecule has 0 fully saturated rings. The van der Waals surface area contributed by atoms with Crippen LogP contribution < -0.4 is 0 Å². The SMILES string of the molecule is CCCCCC1CC(C)=C(C)C1=O. The number of Topliss-reactive ketones (excluding diaryl/α,β-unsaturated/α-hetero) is 1. The summed E-state index contributed by atoms with van der Waals surface area (Å²) in [5.74, 6) is 0.736. The molecule has 1 atom stereocenters. The van der Waals surface area contributed by atoms with Crippen LogP contribution in [0.25, 0.3) is 0 Å². The number of allylic oxidation sites excluding steroid dienone is 2. The molecule has 0 bridgehead atoms. The van der Waals surface area contributed by atoms with Gasteiger partial charge >= 0.3 is 0 Å². The van der Waals surface area contributed by atoms with E-state index >= 15 is 0 Å². The summed E-state index contributed by atoms with van der Waals surface area (Å²) in [4.78, 5) is 11.7. The fourth-order valence-electron chi connectivity index (χ4n) is 2.01. The third-order valence-corrected chi connectivity index (χ3v) is 3.09. The van der Waals surface area contributed by atoms with Crippen molar-refractivity contribution >= 4 is 5.78 Å². The highest BCUT2D eigenvalue weighted by atomic mass is 16.1. The lowest BCUT2D eigenvalue weighted by Gasteiger charge is -2.07. The van der Waals surface area contributed by atoms with Gasteiger partial charge in [-0.2, -0.15) is 0 Å². The number of hydrogen-bond acceptors (Lipinski definition) is 1. The second-order valence-electron chi connectivity index (χ2n) is 4.17. The molecule has 0 saturated heterocycles. The van der Waals surface area contributed by atoms with E-state index < -0.39 is 0 Å². The molecule has 1 aliphatic rings. The molecule has 0 aromatic rings. The molecular weight excluding hydrogens is 160 g/mol. The Hall–Kier alpha value is -0.590. The van der Waals surface area contributed by atoms with Crippen molar-refractivity contribution in [2.24, 2.45) is 5.92 Å². The summed E-state index contributed by atoms with van der Waals surface area (Å²) in [6.07, 6.45) is 5.84. The fraction of sp³-hybridized carbons (Fsp3) is 0.750. The van der Waals surface area contributed by atoms with E-state index in [4.69, 9.17) is 0 Å². The molecule has 1 rings (SSSR count). The van der Waals surface area contributed by atoms with Crippen LogP contribution >= 0.6 is 0 Å². The van der Waals surface area contributed by atoms with Gasteiger partial charge in [0.25, 0.3) is 0 Å². The first-order valence-corrected chi connectivity index (χ1v) is 5.37. The van der Waals surface area contributed by atoms with Crippen LogP contribution in [0, 0.1) is 5.92 Å². The maximum atomic E-state index is 11.7. The van der Waals surface area contributed by atoms with Crippen molar-refractivity contribution in [3.63, 3.8) is 0 Å². The largest absolute Gasteiger partial charge is 0.294 e. The number of ketones is 1. The van der Waals surface area contributed by atoms with Gasteiger partial charge in [-0.05, 0) is 32.3 Å². The summed E-state index contributed by atoms with van der Waals surface area (Å²) in [5.41, 5.74) is 2.34. The van der Waals surface area contributed by atoms with Gasteiger partial charge in [-0.1, -0.05) is 31.8 Å². The molecule has 0 heterocycles. The fourth-order valence-corrected chi connectivity index (χ4v) is 2.01. The molecule has 0 aromatic carbocycles. The van der Waals surface area contributed by atoms with Gasteiger partial charge in [-0.3, -0.25) is 4.79 Å². The van der Waals surface area contributed by atoms with Gasteiger partial charge in [0.15, 0.2) is 5.78 Å². The quantitative estimate of drug-likeness (QED) is 0.605. The highest BCUT2D eigenvalue weighted by Crippen LogP contribution is 2.30. The Labute approximate surface area is 81.2 Å². The van der Waals surface area contributed by atoms with Crippen LogP contribution in [0.3, 0.4) is 0 Å². The van der Waals surface area contributed by atoms with E-state index in [-0.39, 0.29) is 0 Å². The van der Waals surface area contributed by atoms with E-state index in [0.29, 0.717) is 11.7 Å². The van der Waals surface area contributed by atoms with Gasteiger partial charge in [-0.25, -0.2) is 0 Å². The number of rotatable bonds is 4. The molecule has 1 nitrogen and oxygen atoms in total. The Balaban J connectivity index is 2.37. The Bertz CT molecular complexity index is 225. The van der Waals surface area contributed by atoms with E-state index in [2.05, 4.69) is 13.8 Å². The second kappa shape index (κ2) is 4.59. The average molecular weight is 180 g/mol. The van der Waals surface area contributed by atoms with Crippen LogP contribution in [-0.4, -0.2) is 5.78 Å². The third kappa shape index (κ3) is 2.43. The molecule has 0 aromatic heterocycles. The van der Waals surface area contributed by atoms with Crippen molar-refractivity contribution in [1.29, 1.82) is 0 Å². The molecular formula is C12H20O. The maximum Gasteiger partial charge on any atom is 0.161 e. The second-order valence-corrected chi connectivity index (χ2v) is 4.17. The van der Waals surface area contributed by atoms with Crippen molar-refractivity contribution < 1.29 is 4.79 Å². The summed E-state index contributed by atoms with van der Waals surface area (Å²) in [5, 5.41) is 0. The lowest BCUT2D eigenvalue weighted by atomic mass is 9.96. The summed E-state index contributed by atoms with van der Waals surface area (Å²) in [6, 6.07) is 0. The topological polar surface area (TPSA) is 17.1 Å². The Morgan fingerprint density at radius 1 is 1.31 bits per heavy atom. The zero-order valence-corrected chi connectivity index (χ0v) is 9.02. The van der Waals surface area contributed by atoms with Crippen molar-refractivity contribution in [2.75, 3.05) is 0 Å². The third-order valence-electron chi connectivity index (χ3n) is 3.09. The molecule has 0 N–H and O–H groups in total. The first-order valence-electron chi connectivity index (χ1n) is 5.37. The summed E-state index contributed by atoms with van der Waals surface area (Å²) in [7, 11) is 0. The molecule has 0 spiro atoms. The Morgan fingerprint density at radius 3 is 2.46 bits per heavy atom. The summed E-state index contributed by atoms with van der Waals surface area (Å²) in [6.45, 7) is 6.26. The summed E-state index contributed by atoms with van der Waals surface area (Å²) >= 11 is 0. The van der Waals surface area contributed by atoms with Gasteiger partial charge in [0.05, 0.1) is 0 Å². The zero-order valence-electron chi connectivity index (χ0n) is 9.02. The van der Waals surface area contributed by atoms with Crippen LogP contribution in [0.2, 0.25) is 0 Å². The van der Waals surface area contributed by atoms with Crippen LogP contribution in [0.15, 0.2) is 11.1 Å². The molecule has 0 saturated carbocycles. The Kier molecular flexibility index (Phi) is 3.71. The molecule has 0 aliphatic heterocycles. The molecule has 1 heteroatoms. The lowest BCUT2D eigenvalue weighted by Crippen LogP contribution is -2.08. The molecule has 1 unspecified atom stereocenters. The van der Waals surface area contributed by atoms with E-state index in [1.54, 1.807) is 0 Å². The molecule has 1 aliphatic carbocycles. The monoisotopic (exact) mass is 180 g/mol. The predicted octanol–water partition coefficient (Wildman–Crippen LogP) is 3.49. The lowest BCUT2D eigenvalue weighted by molar-refractivity contribution is -0.118. The van der Waals surface area contributed by atoms with Crippen molar-refractivity contribution in [1.82, 2.24) is 0 Å². The summed E-state index contributed by atoms with van der Waals surface area (Å²) < 4.78 is 0.